The molecule has 0 atom stereocenters. The molecule has 0 radical (unpaired) electrons. The van der Waals surface area contributed by atoms with Gasteiger partial charge in [-0.1, -0.05) is 30.3 Å². The van der Waals surface area contributed by atoms with Crippen LogP contribution in [0, 0.1) is 20.2 Å². The van der Waals surface area contributed by atoms with Crippen LogP contribution in [-0.4, -0.2) is 35.6 Å². The first-order valence-corrected chi connectivity index (χ1v) is 12.2. The molecule has 0 fully saturated rings. The van der Waals surface area contributed by atoms with Crippen molar-refractivity contribution in [3.05, 3.63) is 104 Å². The van der Waals surface area contributed by atoms with E-state index in [9.17, 15) is 28.6 Å². The molecule has 0 aromatic heterocycles. The molecule has 0 saturated heterocycles. The van der Waals surface area contributed by atoms with Gasteiger partial charge in [0.2, 0.25) is 5.69 Å². The van der Waals surface area contributed by atoms with Gasteiger partial charge in [-0.2, -0.15) is 13.0 Å². The van der Waals surface area contributed by atoms with Gasteiger partial charge in [0.1, 0.15) is 12.8 Å². The first-order valence-electron chi connectivity index (χ1n) is 10.8. The number of nitro benzene ring substituents is 2. The quantitative estimate of drug-likeness (QED) is 0.190. The van der Waals surface area contributed by atoms with E-state index in [0.29, 0.717) is 6.07 Å². The molecule has 0 unspecified atom stereocenters. The molecule has 3 aromatic rings. The Morgan fingerprint density at radius 3 is 2.19 bits per heavy atom. The smallest absolute Gasteiger partial charge is 0.346 e. The maximum Gasteiger partial charge on any atom is 0.346 e. The Hall–Kier alpha value is -4.38. The molecule has 1 aliphatic rings. The Kier molecular flexibility index (Phi) is 6.19. The van der Waals surface area contributed by atoms with E-state index in [0.717, 1.165) is 29.1 Å². The molecule has 36 heavy (non-hydrogen) atoms. The molecule has 184 valence electrons. The lowest BCUT2D eigenvalue weighted by molar-refractivity contribution is -0.401. The van der Waals surface area contributed by atoms with Crippen molar-refractivity contribution in [1.29, 1.82) is 0 Å². The summed E-state index contributed by atoms with van der Waals surface area (Å²) in [5.74, 6) is -0.0572. The number of hydrogen-bond acceptors (Lipinski definition) is 7. The molecular formula is C25H22N3O7S+. The van der Waals surface area contributed by atoms with Crippen molar-refractivity contribution >= 4 is 39.0 Å². The Morgan fingerprint density at radius 1 is 0.917 bits per heavy atom. The van der Waals surface area contributed by atoms with Crippen LogP contribution in [0.4, 0.5) is 17.1 Å². The van der Waals surface area contributed by atoms with Crippen LogP contribution < -0.4 is 4.18 Å². The van der Waals surface area contributed by atoms with Gasteiger partial charge in [-0.25, -0.2) is 0 Å². The van der Waals surface area contributed by atoms with E-state index in [4.69, 9.17) is 4.18 Å². The van der Waals surface area contributed by atoms with Crippen molar-refractivity contribution in [2.45, 2.75) is 24.2 Å². The Morgan fingerprint density at radius 2 is 1.58 bits per heavy atom. The van der Waals surface area contributed by atoms with Crippen LogP contribution in [0.1, 0.15) is 25.0 Å². The van der Waals surface area contributed by atoms with E-state index in [2.05, 4.69) is 30.6 Å². The van der Waals surface area contributed by atoms with E-state index in [1.807, 2.05) is 31.3 Å². The van der Waals surface area contributed by atoms with E-state index < -0.39 is 36.2 Å². The van der Waals surface area contributed by atoms with Crippen LogP contribution in [0.25, 0.3) is 6.08 Å². The second-order valence-corrected chi connectivity index (χ2v) is 10.2. The van der Waals surface area contributed by atoms with Crippen molar-refractivity contribution in [2.24, 2.45) is 0 Å². The van der Waals surface area contributed by atoms with Crippen LogP contribution in [0.2, 0.25) is 0 Å². The summed E-state index contributed by atoms with van der Waals surface area (Å²) in [5.41, 5.74) is 2.50. The molecule has 0 saturated carbocycles. The maximum atomic E-state index is 12.7. The second-order valence-electron chi connectivity index (χ2n) is 8.69. The fourth-order valence-electron chi connectivity index (χ4n) is 4.26. The minimum absolute atomic E-state index is 0.0572. The Labute approximate surface area is 207 Å². The highest BCUT2D eigenvalue weighted by atomic mass is 32.2. The predicted molar refractivity (Wildman–Crippen MR) is 133 cm³/mol. The summed E-state index contributed by atoms with van der Waals surface area (Å²) in [6.07, 6.45) is 3.91. The Bertz CT molecular complexity index is 1560. The van der Waals surface area contributed by atoms with Crippen LogP contribution in [0.15, 0.2) is 77.7 Å². The summed E-state index contributed by atoms with van der Waals surface area (Å²) in [4.78, 5) is 19.6. The normalized spacial score (nSPS) is 14.6. The van der Waals surface area contributed by atoms with Gasteiger partial charge in [0.25, 0.3) is 11.4 Å². The number of non-ortho nitro benzene ring substituents is 1. The summed E-state index contributed by atoms with van der Waals surface area (Å²) in [5, 5.41) is 22.2. The number of hydrogen-bond donors (Lipinski definition) is 0. The lowest BCUT2D eigenvalue weighted by Crippen LogP contribution is -2.26. The number of nitrogens with zero attached hydrogens (tertiary/aromatic N) is 3. The zero-order valence-electron chi connectivity index (χ0n) is 19.6. The SMILES string of the molecule is C[N+]1=C(/C=C/c2ccc(OS(=O)(=O)c3ccc([N+](=O)[O-])cc3[N+](=O)[O-])cc2)C(C)(C)c2ccccc21. The summed E-state index contributed by atoms with van der Waals surface area (Å²) >= 11 is 0. The average Bonchev–Trinajstić information content (AvgIpc) is 3.03. The van der Waals surface area contributed by atoms with Gasteiger partial charge >= 0.3 is 10.1 Å². The lowest BCUT2D eigenvalue weighted by Gasteiger charge is -2.15. The van der Waals surface area contributed by atoms with Crippen molar-refractivity contribution in [1.82, 2.24) is 0 Å². The predicted octanol–water partition coefficient (Wildman–Crippen LogP) is 4.99. The largest absolute Gasteiger partial charge is 0.379 e. The number of rotatable bonds is 7. The van der Waals surface area contributed by atoms with E-state index in [1.165, 1.54) is 17.7 Å². The topological polar surface area (TPSA) is 133 Å². The first-order chi connectivity index (χ1) is 16.9. The number of allylic oxidation sites excluding steroid dienone is 1. The summed E-state index contributed by atoms with van der Waals surface area (Å²) in [7, 11) is -2.61. The van der Waals surface area contributed by atoms with Crippen LogP contribution in [0.5, 0.6) is 5.75 Å². The third kappa shape index (κ3) is 4.48. The monoisotopic (exact) mass is 508 g/mol. The van der Waals surface area contributed by atoms with Gasteiger partial charge in [-0.15, -0.1) is 0 Å². The number of nitro groups is 2. The van der Waals surface area contributed by atoms with E-state index in [-0.39, 0.29) is 11.2 Å². The standard InChI is InChI=1S/C25H22N3O7S/c1-25(2)20-6-4-5-7-21(20)26(3)24(25)15-10-17-8-12-19(13-9-17)35-36(33,34)23-14-11-18(27(29)30)16-22(23)28(31)32/h4-16H,1-3H3/q+1/b15-10+. The van der Waals surface area contributed by atoms with Gasteiger partial charge in [-0.3, -0.25) is 20.2 Å². The minimum atomic E-state index is -4.62. The summed E-state index contributed by atoms with van der Waals surface area (Å²) in [6, 6.07) is 16.6. The molecule has 3 aromatic carbocycles. The molecule has 0 N–H and O–H groups in total. The molecular weight excluding hydrogens is 486 g/mol. The zero-order valence-corrected chi connectivity index (χ0v) is 20.4. The van der Waals surface area contributed by atoms with Gasteiger partial charge in [0.05, 0.1) is 21.3 Å². The molecule has 1 heterocycles. The number of para-hydroxylation sites is 1. The fourth-order valence-corrected chi connectivity index (χ4v) is 5.33. The molecule has 0 amide bonds. The molecule has 0 aliphatic carbocycles. The fraction of sp³-hybridized carbons (Fsp3) is 0.160. The molecule has 0 spiro atoms. The maximum absolute atomic E-state index is 12.7. The molecule has 1 aliphatic heterocycles. The molecule has 0 bridgehead atoms. The lowest BCUT2D eigenvalue weighted by atomic mass is 9.81. The van der Waals surface area contributed by atoms with Crippen LogP contribution in [-0.2, 0) is 15.5 Å². The van der Waals surface area contributed by atoms with E-state index in [1.54, 1.807) is 12.1 Å². The summed E-state index contributed by atoms with van der Waals surface area (Å²) < 4.78 is 32.6. The average molecular weight is 509 g/mol. The third-order valence-corrected chi connectivity index (χ3v) is 7.38. The van der Waals surface area contributed by atoms with Crippen molar-refractivity contribution in [3.63, 3.8) is 0 Å². The van der Waals surface area contributed by atoms with Crippen LogP contribution >= 0.6 is 0 Å². The molecule has 10 nitrogen and oxygen atoms in total. The Balaban J connectivity index is 1.56. The molecule has 11 heteroatoms. The third-order valence-electron chi connectivity index (χ3n) is 6.08. The van der Waals surface area contributed by atoms with Gasteiger partial charge in [0.15, 0.2) is 10.6 Å². The number of fused-ring (bicyclic) bond motifs is 1. The highest BCUT2D eigenvalue weighted by Gasteiger charge is 2.42. The van der Waals surface area contributed by atoms with Gasteiger partial charge in [-0.05, 0) is 43.7 Å². The minimum Gasteiger partial charge on any atom is -0.379 e. The van der Waals surface area contributed by atoms with Crippen molar-refractivity contribution in [2.75, 3.05) is 7.05 Å². The summed E-state index contributed by atoms with van der Waals surface area (Å²) in [6.45, 7) is 4.29. The second kappa shape index (κ2) is 9.00. The molecule has 4 rings (SSSR count). The van der Waals surface area contributed by atoms with Crippen molar-refractivity contribution < 1.29 is 27.0 Å². The van der Waals surface area contributed by atoms with Crippen molar-refractivity contribution in [3.8, 4) is 5.75 Å². The van der Waals surface area contributed by atoms with Crippen LogP contribution in [0.3, 0.4) is 0 Å². The number of benzene rings is 3. The van der Waals surface area contributed by atoms with Gasteiger partial charge in [0, 0.05) is 23.8 Å². The first kappa shape index (κ1) is 24.7. The van der Waals surface area contributed by atoms with Gasteiger partial charge < -0.3 is 4.18 Å². The highest BCUT2D eigenvalue weighted by Crippen LogP contribution is 2.39. The zero-order chi connectivity index (χ0) is 26.3. The highest BCUT2D eigenvalue weighted by molar-refractivity contribution is 7.87. The van der Waals surface area contributed by atoms with E-state index >= 15 is 0 Å².